The Labute approximate surface area is 262 Å². The highest BCUT2D eigenvalue weighted by molar-refractivity contribution is 7.92. The van der Waals surface area contributed by atoms with E-state index in [-0.39, 0.29) is 29.0 Å². The maximum atomic E-state index is 14.0. The smallest absolute Gasteiger partial charge is 0.264 e. The minimum atomic E-state index is -4.23. The number of carbonyl (C=O) groups excluding carboxylic acids is 2. The second-order valence-corrected chi connectivity index (χ2v) is 13.1. The third-order valence-corrected chi connectivity index (χ3v) is 9.08. The molecular weight excluding hydrogens is 621 g/mol. The predicted octanol–water partition coefficient (Wildman–Crippen LogP) is 6.43. The van der Waals surface area contributed by atoms with Gasteiger partial charge in [0.15, 0.2) is 0 Å². The second-order valence-electron chi connectivity index (χ2n) is 9.98. The number of sulfonamides is 1. The van der Waals surface area contributed by atoms with Crippen molar-refractivity contribution >= 4 is 62.3 Å². The Morgan fingerprint density at radius 1 is 0.905 bits per heavy atom. The lowest BCUT2D eigenvalue weighted by Crippen LogP contribution is -2.51. The van der Waals surface area contributed by atoms with Crippen molar-refractivity contribution in [1.82, 2.24) is 10.2 Å². The monoisotopic (exact) mass is 653 g/mol. The third-order valence-electron chi connectivity index (χ3n) is 6.30. The fourth-order valence-corrected chi connectivity index (χ4v) is 5.87. The summed E-state index contributed by atoms with van der Waals surface area (Å²) in [4.78, 5) is 28.4. The van der Waals surface area contributed by atoms with E-state index in [2.05, 4.69) is 5.32 Å². The highest BCUT2D eigenvalue weighted by Gasteiger charge is 2.32. The molecule has 12 heteroatoms. The zero-order chi connectivity index (χ0) is 31.0. The van der Waals surface area contributed by atoms with Crippen molar-refractivity contribution in [2.45, 2.75) is 45.2 Å². The van der Waals surface area contributed by atoms with Gasteiger partial charge in [-0.05, 0) is 86.0 Å². The van der Waals surface area contributed by atoms with Crippen LogP contribution in [0.5, 0.6) is 5.75 Å². The van der Waals surface area contributed by atoms with Crippen molar-refractivity contribution in [1.29, 1.82) is 0 Å². The van der Waals surface area contributed by atoms with Crippen molar-refractivity contribution in [3.05, 3.63) is 87.4 Å². The number of halogens is 3. The van der Waals surface area contributed by atoms with Gasteiger partial charge in [0, 0.05) is 18.1 Å². The SMILES string of the molecule is CCOc1ccc(N(CC(=O)N(Cc2ccc(Cl)c(Cl)c2)C(C)C(=O)NCC(C)C)S(=O)(=O)c2ccc(Cl)cc2)cc1. The summed E-state index contributed by atoms with van der Waals surface area (Å²) < 4.78 is 34.3. The van der Waals surface area contributed by atoms with Gasteiger partial charge in [0.05, 0.1) is 27.2 Å². The normalized spacial score (nSPS) is 12.1. The molecule has 1 N–H and O–H groups in total. The van der Waals surface area contributed by atoms with Crippen LogP contribution in [-0.2, 0) is 26.2 Å². The van der Waals surface area contributed by atoms with Crippen LogP contribution in [0, 0.1) is 5.92 Å². The molecule has 0 aliphatic rings. The molecule has 1 atom stereocenters. The molecule has 1 unspecified atom stereocenters. The fraction of sp³-hybridized carbons (Fsp3) is 0.333. The van der Waals surface area contributed by atoms with E-state index in [4.69, 9.17) is 39.5 Å². The van der Waals surface area contributed by atoms with Crippen molar-refractivity contribution in [3.8, 4) is 5.75 Å². The van der Waals surface area contributed by atoms with Gasteiger partial charge < -0.3 is 15.0 Å². The van der Waals surface area contributed by atoms with Crippen LogP contribution in [0.3, 0.4) is 0 Å². The zero-order valence-electron chi connectivity index (χ0n) is 23.8. The number of amides is 2. The Morgan fingerprint density at radius 2 is 1.55 bits per heavy atom. The summed E-state index contributed by atoms with van der Waals surface area (Å²) in [5.41, 5.74) is 0.864. The quantitative estimate of drug-likeness (QED) is 0.229. The Balaban J connectivity index is 2.03. The lowest BCUT2D eigenvalue weighted by atomic mass is 10.1. The van der Waals surface area contributed by atoms with Crippen molar-refractivity contribution in [2.75, 3.05) is 24.0 Å². The second kappa shape index (κ2) is 15.0. The lowest BCUT2D eigenvalue weighted by molar-refractivity contribution is -0.139. The van der Waals surface area contributed by atoms with Gasteiger partial charge in [0.2, 0.25) is 11.8 Å². The average Bonchev–Trinajstić information content (AvgIpc) is 2.95. The van der Waals surface area contributed by atoms with Crippen LogP contribution in [0.25, 0.3) is 0 Å². The lowest BCUT2D eigenvalue weighted by Gasteiger charge is -2.32. The Morgan fingerprint density at radius 3 is 2.12 bits per heavy atom. The average molecular weight is 655 g/mol. The Kier molecular flexibility index (Phi) is 11.9. The van der Waals surface area contributed by atoms with Crippen molar-refractivity contribution in [2.24, 2.45) is 5.92 Å². The standard InChI is InChI=1S/C30H34Cl3N3O5S/c1-5-41-25-11-9-24(10-12-25)36(42(39,40)26-13-7-23(31)8-14-26)19-29(37)35(21(4)30(38)34-17-20(2)3)18-22-6-15-27(32)28(33)16-22/h6-16,20-21H,5,17-19H2,1-4H3,(H,34,38). The van der Waals surface area contributed by atoms with Crippen LogP contribution in [0.2, 0.25) is 15.1 Å². The molecule has 0 radical (unpaired) electrons. The molecule has 0 heterocycles. The molecule has 42 heavy (non-hydrogen) atoms. The van der Waals surface area contributed by atoms with Crippen LogP contribution in [0.1, 0.15) is 33.3 Å². The molecule has 0 aliphatic heterocycles. The molecule has 0 saturated carbocycles. The fourth-order valence-electron chi connectivity index (χ4n) is 4.01. The molecule has 0 fully saturated rings. The van der Waals surface area contributed by atoms with Gasteiger partial charge in [-0.2, -0.15) is 0 Å². The summed E-state index contributed by atoms with van der Waals surface area (Å²) >= 11 is 18.3. The molecule has 0 spiro atoms. The van der Waals surface area contributed by atoms with E-state index in [9.17, 15) is 18.0 Å². The number of carbonyl (C=O) groups is 2. The van der Waals surface area contributed by atoms with E-state index < -0.39 is 28.5 Å². The van der Waals surface area contributed by atoms with E-state index >= 15 is 0 Å². The minimum absolute atomic E-state index is 0.00982. The summed E-state index contributed by atoms with van der Waals surface area (Å²) in [5.74, 6) is -0.224. The molecule has 3 aromatic carbocycles. The molecule has 3 rings (SSSR count). The molecule has 8 nitrogen and oxygen atoms in total. The molecular formula is C30H34Cl3N3O5S. The topological polar surface area (TPSA) is 96.0 Å². The molecule has 0 aliphatic carbocycles. The first-order valence-electron chi connectivity index (χ1n) is 13.4. The summed E-state index contributed by atoms with van der Waals surface area (Å²) in [6.45, 7) is 7.61. The number of nitrogens with zero attached hydrogens (tertiary/aromatic N) is 2. The van der Waals surface area contributed by atoms with Gasteiger partial charge in [0.25, 0.3) is 10.0 Å². The van der Waals surface area contributed by atoms with Gasteiger partial charge in [-0.15, -0.1) is 0 Å². The molecule has 226 valence electrons. The number of ether oxygens (including phenoxy) is 1. The largest absolute Gasteiger partial charge is 0.494 e. The van der Waals surface area contributed by atoms with Gasteiger partial charge in [-0.3, -0.25) is 13.9 Å². The molecule has 3 aromatic rings. The molecule has 0 bridgehead atoms. The van der Waals surface area contributed by atoms with Crippen LogP contribution >= 0.6 is 34.8 Å². The van der Waals surface area contributed by atoms with E-state index in [1.165, 1.54) is 29.2 Å². The number of rotatable bonds is 13. The third kappa shape index (κ3) is 8.77. The minimum Gasteiger partial charge on any atom is -0.494 e. The molecule has 0 aromatic heterocycles. The Hall–Kier alpha value is -2.98. The van der Waals surface area contributed by atoms with E-state index in [0.29, 0.717) is 39.5 Å². The Bertz CT molecular complexity index is 1480. The highest BCUT2D eigenvalue weighted by Crippen LogP contribution is 2.28. The van der Waals surface area contributed by atoms with E-state index in [0.717, 1.165) is 4.31 Å². The molecule has 0 saturated heterocycles. The van der Waals surface area contributed by atoms with Crippen molar-refractivity contribution in [3.63, 3.8) is 0 Å². The van der Waals surface area contributed by atoms with Crippen LogP contribution in [0.15, 0.2) is 71.6 Å². The van der Waals surface area contributed by atoms with Gasteiger partial charge in [-0.25, -0.2) is 8.42 Å². The number of nitrogens with one attached hydrogen (secondary N) is 1. The maximum absolute atomic E-state index is 14.0. The van der Waals surface area contributed by atoms with Crippen LogP contribution in [-0.4, -0.2) is 50.9 Å². The van der Waals surface area contributed by atoms with Crippen molar-refractivity contribution < 1.29 is 22.7 Å². The van der Waals surface area contributed by atoms with Gasteiger partial charge in [-0.1, -0.05) is 54.7 Å². The van der Waals surface area contributed by atoms with Crippen LogP contribution < -0.4 is 14.4 Å². The highest BCUT2D eigenvalue weighted by atomic mass is 35.5. The van der Waals surface area contributed by atoms with E-state index in [1.54, 1.807) is 49.4 Å². The summed E-state index contributed by atoms with van der Waals surface area (Å²) in [6, 6.07) is 16.0. The number of anilines is 1. The maximum Gasteiger partial charge on any atom is 0.264 e. The summed E-state index contributed by atoms with van der Waals surface area (Å²) in [7, 11) is -4.23. The first-order valence-corrected chi connectivity index (χ1v) is 15.9. The van der Waals surface area contributed by atoms with Crippen LogP contribution in [0.4, 0.5) is 5.69 Å². The number of benzene rings is 3. The number of hydrogen-bond acceptors (Lipinski definition) is 5. The first kappa shape index (κ1) is 33.5. The van der Waals surface area contributed by atoms with Gasteiger partial charge in [0.1, 0.15) is 18.3 Å². The predicted molar refractivity (Wildman–Crippen MR) is 168 cm³/mol. The summed E-state index contributed by atoms with van der Waals surface area (Å²) in [6.07, 6.45) is 0. The number of hydrogen-bond donors (Lipinski definition) is 1. The molecule has 2 amide bonds. The summed E-state index contributed by atoms with van der Waals surface area (Å²) in [5, 5.41) is 3.85. The van der Waals surface area contributed by atoms with E-state index in [1.807, 2.05) is 20.8 Å². The zero-order valence-corrected chi connectivity index (χ0v) is 26.9. The van der Waals surface area contributed by atoms with Gasteiger partial charge >= 0.3 is 0 Å². The first-order chi connectivity index (χ1) is 19.8.